The van der Waals surface area contributed by atoms with E-state index >= 15 is 0 Å². The van der Waals surface area contributed by atoms with E-state index in [1.54, 1.807) is 6.26 Å². The van der Waals surface area contributed by atoms with Gasteiger partial charge in [-0.1, -0.05) is 122 Å². The van der Waals surface area contributed by atoms with Gasteiger partial charge in [0.2, 0.25) is 0 Å². The molecule has 0 amide bonds. The van der Waals surface area contributed by atoms with E-state index in [2.05, 4.69) is 38.2 Å². The molecule has 54 heavy (non-hydrogen) atoms. The van der Waals surface area contributed by atoms with E-state index < -0.39 is 13.9 Å². The maximum atomic E-state index is 12.7. The van der Waals surface area contributed by atoms with Crippen molar-refractivity contribution in [2.75, 3.05) is 47.5 Å². The maximum Gasteiger partial charge on any atom is 0.306 e. The smallest absolute Gasteiger partial charge is 0.306 e. The van der Waals surface area contributed by atoms with Crippen LogP contribution in [0.4, 0.5) is 0 Å². The third kappa shape index (κ3) is 33.8. The van der Waals surface area contributed by atoms with E-state index in [0.717, 1.165) is 57.8 Å². The summed E-state index contributed by atoms with van der Waals surface area (Å²) in [7, 11) is 1.30. The molecule has 0 radical (unpaired) electrons. The van der Waals surface area contributed by atoms with Crippen molar-refractivity contribution in [1.82, 2.24) is 0 Å². The van der Waals surface area contributed by atoms with E-state index in [-0.39, 0.29) is 32.2 Å². The molecule has 10 heteroatoms. The first-order valence-corrected chi connectivity index (χ1v) is 23.3. The predicted octanol–water partition coefficient (Wildman–Crippen LogP) is 11.3. The number of carbonyl (C=O) groups is 1. The SMILES string of the molecule is CCCCC/C=C\CC1OC1CCCCCCCC(=O)O[C@H](CO/C=C/CCCCCCCC/C=C\CCCCCC)COP(=O)([O-])OCC[N+](C)(C)C. The highest BCUT2D eigenvalue weighted by Gasteiger charge is 2.36. The molecule has 316 valence electrons. The van der Waals surface area contributed by atoms with Crippen LogP contribution in [0.25, 0.3) is 0 Å². The number of phosphoric acid groups is 1. The summed E-state index contributed by atoms with van der Waals surface area (Å²) in [4.78, 5) is 25.0. The van der Waals surface area contributed by atoms with Crippen molar-refractivity contribution in [1.29, 1.82) is 0 Å². The molecule has 3 unspecified atom stereocenters. The lowest BCUT2D eigenvalue weighted by Crippen LogP contribution is -2.37. The van der Waals surface area contributed by atoms with Gasteiger partial charge in [0.05, 0.1) is 46.2 Å². The molecule has 0 aromatic rings. The number of phosphoric ester groups is 1. The summed E-state index contributed by atoms with van der Waals surface area (Å²) in [6.07, 6.45) is 41.2. The van der Waals surface area contributed by atoms with Gasteiger partial charge in [0.25, 0.3) is 7.82 Å². The fourth-order valence-electron chi connectivity index (χ4n) is 6.10. The molecule has 1 aliphatic rings. The summed E-state index contributed by atoms with van der Waals surface area (Å²) in [5.41, 5.74) is 0. The van der Waals surface area contributed by atoms with Gasteiger partial charge in [-0.25, -0.2) is 0 Å². The number of esters is 1. The van der Waals surface area contributed by atoms with Crippen LogP contribution < -0.4 is 4.89 Å². The number of quaternary nitrogens is 1. The second-order valence-corrected chi connectivity index (χ2v) is 17.6. The van der Waals surface area contributed by atoms with Crippen LogP contribution >= 0.6 is 7.82 Å². The van der Waals surface area contributed by atoms with Gasteiger partial charge in [-0.3, -0.25) is 9.36 Å². The molecule has 0 aromatic heterocycles. The second kappa shape index (κ2) is 33.6. The summed E-state index contributed by atoms with van der Waals surface area (Å²) in [6.45, 7) is 4.65. The van der Waals surface area contributed by atoms with Crippen LogP contribution in [0.3, 0.4) is 0 Å². The lowest BCUT2D eigenvalue weighted by Gasteiger charge is -2.28. The minimum Gasteiger partial charge on any atom is -0.756 e. The zero-order valence-electron chi connectivity index (χ0n) is 35.4. The highest BCUT2D eigenvalue weighted by atomic mass is 31.2. The molecular weight excluding hydrogens is 701 g/mol. The number of rotatable bonds is 39. The average Bonchev–Trinajstić information content (AvgIpc) is 3.88. The van der Waals surface area contributed by atoms with Crippen LogP contribution in [0.1, 0.15) is 174 Å². The Hall–Kier alpha value is -1.48. The highest BCUT2D eigenvalue weighted by molar-refractivity contribution is 7.45. The van der Waals surface area contributed by atoms with E-state index in [1.807, 2.05) is 27.2 Å². The Kier molecular flexibility index (Phi) is 31.5. The van der Waals surface area contributed by atoms with Gasteiger partial charge in [-0.2, -0.15) is 0 Å². The monoisotopic (exact) mass is 784 g/mol. The standard InChI is InChI=1S/C44H82NO8P/c1-6-8-10-12-14-15-16-17-18-19-20-21-22-23-28-32-37-49-39-41(40-51-54(47,48)50-38-36-45(3,4)5)52-44(46)35-31-27-24-26-30-34-43-42(53-43)33-29-25-13-11-9-7-2/h15-16,25,29,32,37,41-43H,6-14,17-24,26-28,30-31,33-36,38-40H2,1-5H3/b16-15-,29-25-,37-32+/t41-,42?,43?/m1/s1. The highest BCUT2D eigenvalue weighted by Crippen LogP contribution is 2.38. The summed E-state index contributed by atoms with van der Waals surface area (Å²) < 4.78 is 40.1. The number of likely N-dealkylation sites (N-methyl/N-ethyl adjacent to an activating group) is 1. The van der Waals surface area contributed by atoms with Gasteiger partial charge in [-0.15, -0.1) is 0 Å². The van der Waals surface area contributed by atoms with Crippen molar-refractivity contribution in [3.8, 4) is 0 Å². The largest absolute Gasteiger partial charge is 0.756 e. The van der Waals surface area contributed by atoms with Crippen LogP contribution in [0, 0.1) is 0 Å². The third-order valence-corrected chi connectivity index (χ3v) is 10.6. The number of hydrogen-bond donors (Lipinski definition) is 0. The molecule has 0 aliphatic carbocycles. The average molecular weight is 784 g/mol. The fraction of sp³-hybridized carbons (Fsp3) is 0.841. The number of unbranched alkanes of at least 4 members (excludes halogenated alkanes) is 18. The number of hydrogen-bond acceptors (Lipinski definition) is 8. The van der Waals surface area contributed by atoms with E-state index in [4.69, 9.17) is 23.3 Å². The number of allylic oxidation sites excluding steroid dienone is 4. The molecule has 1 saturated heterocycles. The van der Waals surface area contributed by atoms with Gasteiger partial charge in [0, 0.05) is 6.42 Å². The van der Waals surface area contributed by atoms with E-state index in [1.165, 1.54) is 96.3 Å². The molecule has 9 nitrogen and oxygen atoms in total. The molecule has 0 spiro atoms. The van der Waals surface area contributed by atoms with Crippen molar-refractivity contribution in [3.63, 3.8) is 0 Å². The molecule has 0 bridgehead atoms. The van der Waals surface area contributed by atoms with Crippen LogP contribution in [-0.4, -0.2) is 76.3 Å². The number of carbonyl (C=O) groups excluding carboxylic acids is 1. The normalized spacial score (nSPS) is 17.8. The summed E-state index contributed by atoms with van der Waals surface area (Å²) >= 11 is 0. The van der Waals surface area contributed by atoms with Crippen molar-refractivity contribution in [2.45, 2.75) is 193 Å². The molecule has 0 aromatic carbocycles. The zero-order valence-corrected chi connectivity index (χ0v) is 36.3. The quantitative estimate of drug-likeness (QED) is 0.0115. The fourth-order valence-corrected chi connectivity index (χ4v) is 6.83. The van der Waals surface area contributed by atoms with Gasteiger partial charge < -0.3 is 32.6 Å². The number of epoxide rings is 1. The Morgan fingerprint density at radius 1 is 0.685 bits per heavy atom. The van der Waals surface area contributed by atoms with Crippen LogP contribution in [0.15, 0.2) is 36.6 Å². The molecule has 1 fully saturated rings. The second-order valence-electron chi connectivity index (χ2n) is 16.1. The Morgan fingerprint density at radius 2 is 1.22 bits per heavy atom. The van der Waals surface area contributed by atoms with Crippen molar-refractivity contribution < 1.29 is 42.0 Å². The van der Waals surface area contributed by atoms with Crippen LogP contribution in [-0.2, 0) is 32.6 Å². The van der Waals surface area contributed by atoms with Crippen LogP contribution in [0.5, 0.6) is 0 Å². The van der Waals surface area contributed by atoms with Crippen LogP contribution in [0.2, 0.25) is 0 Å². The maximum absolute atomic E-state index is 12.7. The summed E-state index contributed by atoms with van der Waals surface area (Å²) in [5.74, 6) is -0.377. The molecular formula is C44H82NO8P. The number of nitrogens with zero attached hydrogens (tertiary/aromatic N) is 1. The van der Waals surface area contributed by atoms with Gasteiger partial charge in [-0.05, 0) is 76.7 Å². The molecule has 1 rings (SSSR count). The first-order chi connectivity index (χ1) is 26.1. The molecule has 0 N–H and O–H groups in total. The Bertz CT molecular complexity index is 1030. The molecule has 1 heterocycles. The van der Waals surface area contributed by atoms with Crippen molar-refractivity contribution in [3.05, 3.63) is 36.6 Å². The topological polar surface area (TPSA) is 107 Å². The third-order valence-electron chi connectivity index (χ3n) is 9.65. The lowest BCUT2D eigenvalue weighted by molar-refractivity contribution is -0.870. The first kappa shape index (κ1) is 50.5. The van der Waals surface area contributed by atoms with Crippen molar-refractivity contribution >= 4 is 13.8 Å². The van der Waals surface area contributed by atoms with E-state index in [0.29, 0.717) is 23.2 Å². The summed E-state index contributed by atoms with van der Waals surface area (Å²) in [5, 5.41) is 0. The minimum absolute atomic E-state index is 0.00713. The molecule has 4 atom stereocenters. The Balaban J connectivity index is 2.26. The summed E-state index contributed by atoms with van der Waals surface area (Å²) in [6, 6.07) is 0. The molecule has 0 saturated carbocycles. The number of ether oxygens (including phenoxy) is 3. The van der Waals surface area contributed by atoms with Gasteiger partial charge in [0.15, 0.2) is 6.10 Å². The predicted molar refractivity (Wildman–Crippen MR) is 221 cm³/mol. The Labute approximate surface area is 331 Å². The zero-order chi connectivity index (χ0) is 39.6. The van der Waals surface area contributed by atoms with E-state index in [9.17, 15) is 14.3 Å². The molecule has 1 aliphatic heterocycles. The van der Waals surface area contributed by atoms with Gasteiger partial charge in [0.1, 0.15) is 19.8 Å². The Morgan fingerprint density at radius 3 is 1.87 bits per heavy atom. The lowest BCUT2D eigenvalue weighted by atomic mass is 10.1. The van der Waals surface area contributed by atoms with Gasteiger partial charge >= 0.3 is 5.97 Å². The minimum atomic E-state index is -4.55. The van der Waals surface area contributed by atoms with Crippen molar-refractivity contribution in [2.24, 2.45) is 0 Å². The first-order valence-electron chi connectivity index (χ1n) is 21.9.